The number of hydrogen-bond donors (Lipinski definition) is 1. The number of rotatable bonds is 3. The van der Waals surface area contributed by atoms with E-state index in [0.29, 0.717) is 0 Å². The first kappa shape index (κ1) is 8.31. The van der Waals surface area contributed by atoms with Gasteiger partial charge in [-0.25, -0.2) is 0 Å². The van der Waals surface area contributed by atoms with E-state index < -0.39 is 8.25 Å². The summed E-state index contributed by atoms with van der Waals surface area (Å²) >= 11 is 5.36. The van der Waals surface area contributed by atoms with Crippen molar-refractivity contribution in [1.82, 2.24) is 0 Å². The molecule has 8 heavy (non-hydrogen) atoms. The largest absolute Gasteiger partial charge is 0.694 e. The average Bonchev–Trinajstić information content (AvgIpc) is 1.61. The number of hydrogen-bond acceptors (Lipinski definition) is 2. The zero-order valence-corrected chi connectivity index (χ0v) is 6.02. The van der Waals surface area contributed by atoms with Gasteiger partial charge < -0.3 is 0 Å². The highest BCUT2D eigenvalue weighted by Gasteiger charge is 2.12. The van der Waals surface area contributed by atoms with Gasteiger partial charge in [-0.3, -0.25) is 0 Å². The van der Waals surface area contributed by atoms with Crippen LogP contribution >= 0.6 is 19.9 Å². The molecule has 0 rings (SSSR count). The minimum atomic E-state index is -2.47. The normalized spacial score (nSPS) is 15.6. The number of alkyl halides is 1. The maximum atomic E-state index is 9.77. The van der Waals surface area contributed by atoms with E-state index in [1.54, 1.807) is 6.92 Å². The van der Waals surface area contributed by atoms with Crippen LogP contribution in [0.1, 0.15) is 6.92 Å². The highest BCUT2D eigenvalue weighted by atomic mass is 35.5. The second kappa shape index (κ2) is 4.21. The third kappa shape index (κ3) is 6.31. The van der Waals surface area contributed by atoms with Gasteiger partial charge in [-0.1, -0.05) is 0 Å². The predicted molar refractivity (Wildman–Crippen MR) is 31.1 cm³/mol. The van der Waals surface area contributed by atoms with Crippen molar-refractivity contribution in [2.45, 2.75) is 12.3 Å². The molecular weight excluding hydrogens is 150 g/mol. The second-order valence-corrected chi connectivity index (χ2v) is 2.79. The molecule has 0 fully saturated rings. The molecule has 1 N–H and O–H groups in total. The number of halogens is 1. The molecule has 2 atom stereocenters. The van der Waals surface area contributed by atoms with Gasteiger partial charge in [0.15, 0.2) is 0 Å². The Bertz CT molecular complexity index is 84.6. The van der Waals surface area contributed by atoms with E-state index in [9.17, 15) is 4.57 Å². The van der Waals surface area contributed by atoms with Gasteiger partial charge in [-0.15, -0.1) is 21.0 Å². The van der Waals surface area contributed by atoms with Crippen LogP contribution in [0.15, 0.2) is 0 Å². The first-order chi connectivity index (χ1) is 3.63. The Kier molecular flexibility index (Phi) is 4.38. The van der Waals surface area contributed by atoms with Crippen molar-refractivity contribution < 1.29 is 14.0 Å². The molecule has 5 heteroatoms. The van der Waals surface area contributed by atoms with Crippen LogP contribution in [-0.2, 0) is 9.09 Å². The summed E-state index contributed by atoms with van der Waals surface area (Å²) in [6.07, 6.45) is 0. The van der Waals surface area contributed by atoms with Gasteiger partial charge in [0.25, 0.3) is 0 Å². The van der Waals surface area contributed by atoms with E-state index in [1.165, 1.54) is 0 Å². The molecule has 0 aliphatic carbocycles. The van der Waals surface area contributed by atoms with E-state index >= 15 is 0 Å². The minimum absolute atomic E-state index is 0.118. The Labute approximate surface area is 53.6 Å². The molecule has 0 aromatic rings. The summed E-state index contributed by atoms with van der Waals surface area (Å²) in [6.45, 7) is 1.80. The molecule has 0 aliphatic rings. The fourth-order valence-corrected chi connectivity index (χ4v) is 0.668. The summed E-state index contributed by atoms with van der Waals surface area (Å²) in [4.78, 5) is 8.03. The van der Waals surface area contributed by atoms with Crippen molar-refractivity contribution in [3.8, 4) is 0 Å². The maximum Gasteiger partial charge on any atom is 0.694 e. The second-order valence-electron chi connectivity index (χ2n) is 1.31. The zero-order chi connectivity index (χ0) is 6.57. The standard InChI is InChI=1S/C3H6ClO3P/c1-3(4)2-7-8(5)6/h3H,2H2,1H3/p+1. The van der Waals surface area contributed by atoms with E-state index in [-0.39, 0.29) is 12.0 Å². The minimum Gasteiger partial charge on any atom is -0.133 e. The lowest BCUT2D eigenvalue weighted by Gasteiger charge is -1.89. The van der Waals surface area contributed by atoms with Crippen molar-refractivity contribution in [2.75, 3.05) is 6.61 Å². The molecule has 0 bridgehead atoms. The lowest BCUT2D eigenvalue weighted by atomic mass is 10.5. The van der Waals surface area contributed by atoms with Crippen molar-refractivity contribution >= 4 is 19.9 Å². The molecule has 0 aromatic heterocycles. The zero-order valence-electron chi connectivity index (χ0n) is 4.37. The van der Waals surface area contributed by atoms with E-state index in [4.69, 9.17) is 16.5 Å². The summed E-state index contributed by atoms with van der Waals surface area (Å²) in [6, 6.07) is 0. The van der Waals surface area contributed by atoms with Crippen molar-refractivity contribution in [1.29, 1.82) is 0 Å². The molecule has 0 heterocycles. The molecule has 0 amide bonds. The molecule has 0 aromatic carbocycles. The molecule has 0 aliphatic heterocycles. The van der Waals surface area contributed by atoms with Gasteiger partial charge in [0.1, 0.15) is 6.61 Å². The van der Waals surface area contributed by atoms with Gasteiger partial charge in [0, 0.05) is 4.57 Å². The van der Waals surface area contributed by atoms with Crippen molar-refractivity contribution in [3.63, 3.8) is 0 Å². The first-order valence-electron chi connectivity index (χ1n) is 2.06. The lowest BCUT2D eigenvalue weighted by Crippen LogP contribution is -1.98. The highest BCUT2D eigenvalue weighted by molar-refractivity contribution is 7.32. The van der Waals surface area contributed by atoms with Gasteiger partial charge >= 0.3 is 8.25 Å². The third-order valence-electron chi connectivity index (χ3n) is 0.415. The summed E-state index contributed by atoms with van der Waals surface area (Å²) in [5.41, 5.74) is 0. The Morgan fingerprint density at radius 2 is 2.50 bits per heavy atom. The Morgan fingerprint density at radius 1 is 2.00 bits per heavy atom. The molecule has 0 saturated carbocycles. The topological polar surface area (TPSA) is 46.5 Å². The Hall–Kier alpha value is 0.310. The van der Waals surface area contributed by atoms with Crippen LogP contribution < -0.4 is 0 Å². The lowest BCUT2D eigenvalue weighted by molar-refractivity contribution is 0.284. The van der Waals surface area contributed by atoms with E-state index in [2.05, 4.69) is 4.52 Å². The molecule has 48 valence electrons. The Balaban J connectivity index is 3.05. The maximum absolute atomic E-state index is 9.77. The quantitative estimate of drug-likeness (QED) is 0.496. The van der Waals surface area contributed by atoms with Crippen LogP contribution in [0.5, 0.6) is 0 Å². The fourth-order valence-electron chi connectivity index (χ4n) is 0.166. The van der Waals surface area contributed by atoms with Crippen LogP contribution in [0.2, 0.25) is 0 Å². The molecule has 0 spiro atoms. The van der Waals surface area contributed by atoms with Crippen LogP contribution in [-0.4, -0.2) is 16.9 Å². The third-order valence-corrected chi connectivity index (χ3v) is 0.911. The monoisotopic (exact) mass is 157 g/mol. The van der Waals surface area contributed by atoms with E-state index in [0.717, 1.165) is 0 Å². The van der Waals surface area contributed by atoms with E-state index in [1.807, 2.05) is 0 Å². The van der Waals surface area contributed by atoms with Crippen molar-refractivity contribution in [3.05, 3.63) is 0 Å². The fraction of sp³-hybridized carbons (Fsp3) is 1.00. The van der Waals surface area contributed by atoms with Gasteiger partial charge in [0.2, 0.25) is 0 Å². The first-order valence-corrected chi connectivity index (χ1v) is 3.62. The average molecular weight is 158 g/mol. The molecule has 2 unspecified atom stereocenters. The molecule has 0 radical (unpaired) electrons. The summed E-state index contributed by atoms with van der Waals surface area (Å²) in [7, 11) is -2.47. The molecular formula is C3H7ClO3P+. The van der Waals surface area contributed by atoms with Gasteiger partial charge in [-0.2, -0.15) is 0 Å². The summed E-state index contributed by atoms with van der Waals surface area (Å²) in [5.74, 6) is 0. The van der Waals surface area contributed by atoms with Crippen LogP contribution in [0.3, 0.4) is 0 Å². The van der Waals surface area contributed by atoms with Crippen LogP contribution in [0.25, 0.3) is 0 Å². The SMILES string of the molecule is CC(Cl)CO[P+](=O)O. The highest BCUT2D eigenvalue weighted by Crippen LogP contribution is 2.15. The predicted octanol–water partition coefficient (Wildman–Crippen LogP) is 1.28. The van der Waals surface area contributed by atoms with Crippen LogP contribution in [0.4, 0.5) is 0 Å². The molecule has 3 nitrogen and oxygen atoms in total. The summed E-state index contributed by atoms with van der Waals surface area (Å²) < 4.78 is 14.0. The smallest absolute Gasteiger partial charge is 0.133 e. The molecule has 0 saturated heterocycles. The van der Waals surface area contributed by atoms with Gasteiger partial charge in [-0.05, 0) is 6.92 Å². The Morgan fingerprint density at radius 3 is 2.62 bits per heavy atom. The van der Waals surface area contributed by atoms with Gasteiger partial charge in [0.05, 0.1) is 5.38 Å². The van der Waals surface area contributed by atoms with Crippen LogP contribution in [0, 0.1) is 0 Å². The van der Waals surface area contributed by atoms with Crippen molar-refractivity contribution in [2.24, 2.45) is 0 Å². The summed E-state index contributed by atoms with van der Waals surface area (Å²) in [5, 5.41) is -0.207.